The highest BCUT2D eigenvalue weighted by molar-refractivity contribution is 5.74. The van der Waals surface area contributed by atoms with Crippen molar-refractivity contribution < 1.29 is 9.53 Å². The smallest absolute Gasteiger partial charge is 0.308 e. The Hall–Kier alpha value is -1.52. The zero-order valence-corrected chi connectivity index (χ0v) is 10.2. The van der Waals surface area contributed by atoms with E-state index in [-0.39, 0.29) is 11.9 Å². The number of esters is 1. The van der Waals surface area contributed by atoms with Crippen LogP contribution in [-0.4, -0.2) is 35.9 Å². The van der Waals surface area contributed by atoms with Crippen molar-refractivity contribution in [1.82, 2.24) is 9.78 Å². The number of nitrogens with zero attached hydrogens (tertiary/aromatic N) is 3. The minimum absolute atomic E-state index is 0.0459. The number of carbonyl (C=O) groups excluding carboxylic acids is 1. The van der Waals surface area contributed by atoms with Crippen LogP contribution < -0.4 is 4.90 Å². The molecule has 92 valence electrons. The molecule has 1 aromatic rings. The van der Waals surface area contributed by atoms with Crippen molar-refractivity contribution in [3.63, 3.8) is 0 Å². The first kappa shape index (κ1) is 10.6. The lowest BCUT2D eigenvalue weighted by atomic mass is 9.57. The van der Waals surface area contributed by atoms with E-state index in [9.17, 15) is 4.79 Å². The highest BCUT2D eigenvalue weighted by Gasteiger charge is 2.54. The van der Waals surface area contributed by atoms with Gasteiger partial charge in [0.2, 0.25) is 0 Å². The molecule has 1 spiro atoms. The van der Waals surface area contributed by atoms with Crippen molar-refractivity contribution in [3.8, 4) is 0 Å². The highest BCUT2D eigenvalue weighted by Crippen LogP contribution is 2.53. The van der Waals surface area contributed by atoms with Gasteiger partial charge in [0, 0.05) is 31.7 Å². The number of hydrogen-bond donors (Lipinski definition) is 0. The second-order valence-electron chi connectivity index (χ2n) is 5.36. The van der Waals surface area contributed by atoms with Gasteiger partial charge in [0.15, 0.2) is 0 Å². The summed E-state index contributed by atoms with van der Waals surface area (Å²) in [5, 5.41) is 4.17. The number of methoxy groups -OCH3 is 1. The normalized spacial score (nSPS) is 22.1. The predicted octanol–water partition coefficient (Wildman–Crippen LogP) is 0.809. The van der Waals surface area contributed by atoms with Gasteiger partial charge in [0.05, 0.1) is 24.9 Å². The maximum Gasteiger partial charge on any atom is 0.308 e. The van der Waals surface area contributed by atoms with Crippen molar-refractivity contribution in [2.45, 2.75) is 12.8 Å². The summed E-state index contributed by atoms with van der Waals surface area (Å²) in [6.45, 7) is 2.10. The molecule has 17 heavy (non-hydrogen) atoms. The van der Waals surface area contributed by atoms with Crippen LogP contribution >= 0.6 is 0 Å². The van der Waals surface area contributed by atoms with Crippen LogP contribution in [0, 0.1) is 11.3 Å². The number of aryl methyl sites for hydroxylation is 1. The van der Waals surface area contributed by atoms with Gasteiger partial charge in [0.1, 0.15) is 0 Å². The topological polar surface area (TPSA) is 47.4 Å². The molecule has 1 saturated carbocycles. The minimum atomic E-state index is -0.0459. The van der Waals surface area contributed by atoms with Crippen molar-refractivity contribution in [1.29, 1.82) is 0 Å². The fourth-order valence-corrected chi connectivity index (χ4v) is 3.09. The summed E-state index contributed by atoms with van der Waals surface area (Å²) >= 11 is 0. The van der Waals surface area contributed by atoms with Crippen LogP contribution in [0.4, 0.5) is 5.69 Å². The molecule has 5 heteroatoms. The SMILES string of the molecule is COC(=O)C1CC2(C1)CN(c1cnn(C)c1)C2. The number of rotatable bonds is 2. The fourth-order valence-electron chi connectivity index (χ4n) is 3.09. The second kappa shape index (κ2) is 3.48. The quantitative estimate of drug-likeness (QED) is 0.712. The molecule has 3 rings (SSSR count). The summed E-state index contributed by atoms with van der Waals surface area (Å²) in [7, 11) is 3.39. The van der Waals surface area contributed by atoms with Gasteiger partial charge in [-0.3, -0.25) is 9.48 Å². The average molecular weight is 235 g/mol. The lowest BCUT2D eigenvalue weighted by Gasteiger charge is -2.58. The van der Waals surface area contributed by atoms with E-state index in [0.29, 0.717) is 5.41 Å². The average Bonchev–Trinajstić information content (AvgIpc) is 2.60. The van der Waals surface area contributed by atoms with E-state index in [1.807, 2.05) is 24.1 Å². The lowest BCUT2D eigenvalue weighted by molar-refractivity contribution is -0.155. The molecule has 1 saturated heterocycles. The van der Waals surface area contributed by atoms with E-state index in [1.165, 1.54) is 12.8 Å². The monoisotopic (exact) mass is 235 g/mol. The summed E-state index contributed by atoms with van der Waals surface area (Å²) in [6, 6.07) is 0. The Morgan fingerprint density at radius 3 is 2.76 bits per heavy atom. The lowest BCUT2D eigenvalue weighted by Crippen LogP contribution is -2.63. The van der Waals surface area contributed by atoms with Gasteiger partial charge in [-0.15, -0.1) is 0 Å². The van der Waals surface area contributed by atoms with Crippen LogP contribution in [0.1, 0.15) is 12.8 Å². The molecule has 1 aliphatic carbocycles. The van der Waals surface area contributed by atoms with Crippen molar-refractivity contribution in [2.75, 3.05) is 25.1 Å². The summed E-state index contributed by atoms with van der Waals surface area (Å²) in [4.78, 5) is 13.6. The van der Waals surface area contributed by atoms with Crippen molar-refractivity contribution >= 4 is 11.7 Å². The molecule has 1 aromatic heterocycles. The molecule has 2 fully saturated rings. The third kappa shape index (κ3) is 1.61. The van der Waals surface area contributed by atoms with E-state index in [1.54, 1.807) is 0 Å². The van der Waals surface area contributed by atoms with E-state index in [0.717, 1.165) is 25.9 Å². The molecule has 0 N–H and O–H groups in total. The van der Waals surface area contributed by atoms with Crippen LogP contribution in [0.3, 0.4) is 0 Å². The molecule has 5 nitrogen and oxygen atoms in total. The first-order valence-electron chi connectivity index (χ1n) is 5.93. The maximum absolute atomic E-state index is 11.3. The molecule has 0 amide bonds. The van der Waals surface area contributed by atoms with Gasteiger partial charge in [0.25, 0.3) is 0 Å². The molecule has 0 atom stereocenters. The second-order valence-corrected chi connectivity index (χ2v) is 5.36. The van der Waals surface area contributed by atoms with Gasteiger partial charge in [-0.05, 0) is 12.8 Å². The Morgan fingerprint density at radius 2 is 2.24 bits per heavy atom. The number of carbonyl (C=O) groups is 1. The third-order valence-electron chi connectivity index (χ3n) is 4.00. The zero-order valence-electron chi connectivity index (χ0n) is 10.2. The number of hydrogen-bond acceptors (Lipinski definition) is 4. The molecule has 2 aliphatic rings. The Balaban J connectivity index is 1.55. The van der Waals surface area contributed by atoms with Crippen LogP contribution in [0.5, 0.6) is 0 Å². The molecule has 0 aromatic carbocycles. The molecule has 0 radical (unpaired) electrons. The molecular formula is C12H17N3O2. The third-order valence-corrected chi connectivity index (χ3v) is 4.00. The standard InChI is InChI=1S/C12H17N3O2/c1-14-6-10(5-13-14)15-7-12(8-15)3-9(4-12)11(16)17-2/h5-6,9H,3-4,7-8H2,1-2H3. The predicted molar refractivity (Wildman–Crippen MR) is 62.6 cm³/mol. The number of aromatic nitrogens is 2. The van der Waals surface area contributed by atoms with E-state index >= 15 is 0 Å². The molecular weight excluding hydrogens is 218 g/mol. The van der Waals surface area contributed by atoms with Gasteiger partial charge in [-0.25, -0.2) is 0 Å². The summed E-state index contributed by atoms with van der Waals surface area (Å²) in [5.41, 5.74) is 1.55. The number of ether oxygens (including phenoxy) is 1. The van der Waals surface area contributed by atoms with Crippen LogP contribution in [0.15, 0.2) is 12.4 Å². The first-order valence-corrected chi connectivity index (χ1v) is 5.93. The molecule has 2 heterocycles. The minimum Gasteiger partial charge on any atom is -0.469 e. The van der Waals surface area contributed by atoms with Gasteiger partial charge in [-0.1, -0.05) is 0 Å². The number of anilines is 1. The van der Waals surface area contributed by atoms with Crippen LogP contribution in [0.25, 0.3) is 0 Å². The van der Waals surface area contributed by atoms with Crippen molar-refractivity contribution in [3.05, 3.63) is 12.4 Å². The molecule has 0 bridgehead atoms. The Kier molecular flexibility index (Phi) is 2.18. The maximum atomic E-state index is 11.3. The molecule has 1 aliphatic heterocycles. The summed E-state index contributed by atoms with van der Waals surface area (Å²) < 4.78 is 6.58. The van der Waals surface area contributed by atoms with Crippen LogP contribution in [0.2, 0.25) is 0 Å². The van der Waals surface area contributed by atoms with E-state index in [4.69, 9.17) is 4.74 Å². The van der Waals surface area contributed by atoms with Crippen molar-refractivity contribution in [2.24, 2.45) is 18.4 Å². The highest BCUT2D eigenvalue weighted by atomic mass is 16.5. The fraction of sp³-hybridized carbons (Fsp3) is 0.667. The van der Waals surface area contributed by atoms with Crippen LogP contribution in [-0.2, 0) is 16.6 Å². The summed E-state index contributed by atoms with van der Waals surface area (Å²) in [5.74, 6) is 0.0894. The van der Waals surface area contributed by atoms with E-state index in [2.05, 4.69) is 10.00 Å². The molecule has 0 unspecified atom stereocenters. The van der Waals surface area contributed by atoms with Gasteiger partial charge >= 0.3 is 5.97 Å². The van der Waals surface area contributed by atoms with E-state index < -0.39 is 0 Å². The zero-order chi connectivity index (χ0) is 12.0. The van der Waals surface area contributed by atoms with Gasteiger partial charge < -0.3 is 9.64 Å². The Morgan fingerprint density at radius 1 is 1.53 bits per heavy atom. The Bertz CT molecular complexity index is 440. The first-order chi connectivity index (χ1) is 8.12. The Labute approximate surface area is 100 Å². The summed E-state index contributed by atoms with van der Waals surface area (Å²) in [6.07, 6.45) is 5.89. The van der Waals surface area contributed by atoms with Gasteiger partial charge in [-0.2, -0.15) is 5.10 Å². The largest absolute Gasteiger partial charge is 0.469 e.